The number of ketones is 3. The van der Waals surface area contributed by atoms with Gasteiger partial charge in [0.15, 0.2) is 40.3 Å². The van der Waals surface area contributed by atoms with Crippen LogP contribution in [0.5, 0.6) is 0 Å². The maximum absolute atomic E-state index is 12.4. The lowest BCUT2D eigenvalue weighted by molar-refractivity contribution is -0.184. The minimum atomic E-state index is -2.95. The van der Waals surface area contributed by atoms with Crippen LogP contribution in [-0.2, 0) is 19.1 Å². The number of aromatic nitrogens is 4. The van der Waals surface area contributed by atoms with Crippen LogP contribution >= 0.6 is 0 Å². The highest BCUT2D eigenvalue weighted by molar-refractivity contribution is 6.00. The molecule has 5 atom stereocenters. The lowest BCUT2D eigenvalue weighted by Gasteiger charge is -2.37. The Morgan fingerprint density at radius 1 is 1.18 bits per heavy atom. The Bertz CT molecular complexity index is 1040. The van der Waals surface area contributed by atoms with Gasteiger partial charge in [0.25, 0.3) is 5.56 Å². The smallest absolute Gasteiger partial charge is 0.278 e. The lowest BCUT2D eigenvalue weighted by Crippen LogP contribution is -2.67. The van der Waals surface area contributed by atoms with Gasteiger partial charge in [0, 0.05) is 0 Å². The maximum Gasteiger partial charge on any atom is 0.278 e. The highest BCUT2D eigenvalue weighted by atomic mass is 16.6. The van der Waals surface area contributed by atoms with E-state index in [1.54, 1.807) is 0 Å². The number of hydrogen-bond acceptors (Lipinski definition) is 10. The molecule has 1 aliphatic rings. The highest BCUT2D eigenvalue weighted by Gasteiger charge is 2.73. The fourth-order valence-electron chi connectivity index (χ4n) is 3.47. The normalized spacial score (nSPS) is 31.1. The molecule has 0 saturated carbocycles. The number of aliphatic hydroxyl groups excluding tert-OH is 1. The molecule has 0 amide bonds. The number of aliphatic hydroxyl groups is 3. The summed E-state index contributed by atoms with van der Waals surface area (Å²) >= 11 is 0. The summed E-state index contributed by atoms with van der Waals surface area (Å²) in [7, 11) is 0. The van der Waals surface area contributed by atoms with Crippen LogP contribution < -0.4 is 5.56 Å². The maximum atomic E-state index is 12.4. The standard InChI is InChI=1S/C16H18N4O8/c1-6(21)10(24)11-15(26,7(2)22)16(27,8(3)23)14(28-11)20-5-19-9-12(20)17-4-18-13(9)25/h4-5,10-11,14,24,26-27H,1-3H3,(H,17,18,25)/t10?,11?,14?,15-,16+/m1/s1. The molecule has 150 valence electrons. The molecule has 1 aliphatic heterocycles. The first-order valence-electron chi connectivity index (χ1n) is 8.18. The molecule has 3 unspecified atom stereocenters. The van der Waals surface area contributed by atoms with E-state index in [9.17, 15) is 34.5 Å². The average molecular weight is 394 g/mol. The van der Waals surface area contributed by atoms with Crippen molar-refractivity contribution in [1.82, 2.24) is 19.5 Å². The van der Waals surface area contributed by atoms with Crippen LogP contribution in [0.25, 0.3) is 11.2 Å². The van der Waals surface area contributed by atoms with Crippen molar-refractivity contribution in [3.8, 4) is 0 Å². The molecule has 2 aromatic rings. The number of carbonyl (C=O) groups excluding carboxylic acids is 3. The van der Waals surface area contributed by atoms with Crippen LogP contribution in [0.3, 0.4) is 0 Å². The van der Waals surface area contributed by atoms with Gasteiger partial charge in [-0.3, -0.25) is 23.7 Å². The molecular formula is C16H18N4O8. The van der Waals surface area contributed by atoms with Crippen LogP contribution in [-0.4, -0.2) is 75.6 Å². The van der Waals surface area contributed by atoms with E-state index in [0.717, 1.165) is 38.0 Å². The van der Waals surface area contributed by atoms with E-state index in [1.165, 1.54) is 0 Å². The predicted octanol–water partition coefficient (Wildman–Crippen LogP) is -2.39. The van der Waals surface area contributed by atoms with Crippen LogP contribution in [0.1, 0.15) is 27.0 Å². The van der Waals surface area contributed by atoms with Gasteiger partial charge in [-0.1, -0.05) is 0 Å². The second kappa shape index (κ2) is 6.38. The summed E-state index contributed by atoms with van der Waals surface area (Å²) in [6.45, 7) is 2.78. The highest BCUT2D eigenvalue weighted by Crippen LogP contribution is 2.48. The lowest BCUT2D eigenvalue weighted by atomic mass is 9.73. The summed E-state index contributed by atoms with van der Waals surface area (Å²) in [5, 5.41) is 32.4. The fraction of sp³-hybridized carbons (Fsp3) is 0.500. The molecular weight excluding hydrogens is 376 g/mol. The van der Waals surface area contributed by atoms with Crippen molar-refractivity contribution in [2.75, 3.05) is 0 Å². The summed E-state index contributed by atoms with van der Waals surface area (Å²) < 4.78 is 6.47. The number of ether oxygens (including phenoxy) is 1. The molecule has 1 fully saturated rings. The monoisotopic (exact) mass is 394 g/mol. The van der Waals surface area contributed by atoms with Crippen LogP contribution in [0.2, 0.25) is 0 Å². The topological polar surface area (TPSA) is 185 Å². The molecule has 12 nitrogen and oxygen atoms in total. The van der Waals surface area contributed by atoms with Crippen molar-refractivity contribution in [1.29, 1.82) is 0 Å². The molecule has 4 N–H and O–H groups in total. The van der Waals surface area contributed by atoms with Crippen molar-refractivity contribution in [2.24, 2.45) is 0 Å². The minimum Gasteiger partial charge on any atom is -0.382 e. The molecule has 28 heavy (non-hydrogen) atoms. The minimum absolute atomic E-state index is 0.114. The first-order valence-corrected chi connectivity index (χ1v) is 8.18. The van der Waals surface area contributed by atoms with Gasteiger partial charge in [0.1, 0.15) is 12.2 Å². The molecule has 0 aliphatic carbocycles. The van der Waals surface area contributed by atoms with Crippen molar-refractivity contribution < 1.29 is 34.4 Å². The number of nitrogens with zero attached hydrogens (tertiary/aromatic N) is 3. The van der Waals surface area contributed by atoms with Crippen molar-refractivity contribution in [2.45, 2.75) is 50.4 Å². The number of hydrogen-bond donors (Lipinski definition) is 4. The van der Waals surface area contributed by atoms with E-state index >= 15 is 0 Å². The van der Waals surface area contributed by atoms with Crippen molar-refractivity contribution >= 4 is 28.5 Å². The molecule has 3 heterocycles. The first kappa shape index (κ1) is 19.9. The number of nitrogens with one attached hydrogen (secondary N) is 1. The second-order valence-electron chi connectivity index (χ2n) is 6.67. The summed E-state index contributed by atoms with van der Waals surface area (Å²) in [6.07, 6.45) is -3.72. The van der Waals surface area contributed by atoms with Gasteiger partial charge in [0.2, 0.25) is 5.60 Å². The van der Waals surface area contributed by atoms with E-state index in [4.69, 9.17) is 4.74 Å². The second-order valence-corrected chi connectivity index (χ2v) is 6.67. The zero-order valence-corrected chi connectivity index (χ0v) is 15.1. The average Bonchev–Trinajstić information content (AvgIpc) is 3.14. The predicted molar refractivity (Wildman–Crippen MR) is 90.0 cm³/mol. The number of Topliss-reactive ketones (excluding diaryl/α,β-unsaturated/α-hetero) is 3. The number of aromatic amines is 1. The summed E-state index contributed by atoms with van der Waals surface area (Å²) in [6, 6.07) is 0. The zero-order valence-electron chi connectivity index (χ0n) is 15.1. The molecule has 1 saturated heterocycles. The number of H-pyrrole nitrogens is 1. The number of fused-ring (bicyclic) bond motifs is 1. The summed E-state index contributed by atoms with van der Waals surface area (Å²) in [4.78, 5) is 58.3. The Hall–Kier alpha value is -2.80. The van der Waals surface area contributed by atoms with E-state index in [1.807, 2.05) is 0 Å². The zero-order chi connectivity index (χ0) is 21.0. The Morgan fingerprint density at radius 3 is 2.32 bits per heavy atom. The largest absolute Gasteiger partial charge is 0.382 e. The van der Waals surface area contributed by atoms with Gasteiger partial charge in [-0.15, -0.1) is 0 Å². The van der Waals surface area contributed by atoms with Crippen LogP contribution in [0, 0.1) is 0 Å². The van der Waals surface area contributed by atoms with Gasteiger partial charge in [-0.05, 0) is 20.8 Å². The van der Waals surface area contributed by atoms with Gasteiger partial charge in [-0.2, -0.15) is 0 Å². The number of carbonyl (C=O) groups is 3. The van der Waals surface area contributed by atoms with Crippen molar-refractivity contribution in [3.63, 3.8) is 0 Å². The van der Waals surface area contributed by atoms with Crippen LogP contribution in [0.4, 0.5) is 0 Å². The Kier molecular flexibility index (Phi) is 4.54. The molecule has 2 aromatic heterocycles. The third-order valence-electron chi connectivity index (χ3n) is 5.02. The number of imidazole rings is 1. The Morgan fingerprint density at radius 2 is 1.79 bits per heavy atom. The summed E-state index contributed by atoms with van der Waals surface area (Å²) in [5.41, 5.74) is -6.74. The molecule has 0 spiro atoms. The van der Waals surface area contributed by atoms with E-state index in [2.05, 4.69) is 15.0 Å². The Balaban J connectivity index is 2.30. The quantitative estimate of drug-likeness (QED) is 0.426. The molecule has 0 radical (unpaired) electrons. The SMILES string of the molecule is CC(=O)C(O)C1OC(n2cnc3c(=O)[nH]cnc32)[C@@](O)(C(C)=O)[C@@]1(O)C(C)=O. The van der Waals surface area contributed by atoms with E-state index in [-0.39, 0.29) is 11.2 Å². The van der Waals surface area contributed by atoms with Gasteiger partial charge in [0.05, 0.1) is 12.7 Å². The first-order chi connectivity index (χ1) is 13.0. The Labute approximate surface area is 156 Å². The molecule has 12 heteroatoms. The van der Waals surface area contributed by atoms with E-state index < -0.39 is 52.5 Å². The molecule has 0 bridgehead atoms. The van der Waals surface area contributed by atoms with E-state index in [0.29, 0.717) is 0 Å². The van der Waals surface area contributed by atoms with Crippen molar-refractivity contribution in [3.05, 3.63) is 23.0 Å². The van der Waals surface area contributed by atoms with Gasteiger partial charge < -0.3 is 25.0 Å². The molecule has 3 rings (SSSR count). The number of rotatable bonds is 5. The van der Waals surface area contributed by atoms with Gasteiger partial charge >= 0.3 is 0 Å². The third kappa shape index (κ3) is 2.39. The fourth-order valence-corrected chi connectivity index (χ4v) is 3.47. The third-order valence-corrected chi connectivity index (χ3v) is 5.02. The molecule has 0 aromatic carbocycles. The van der Waals surface area contributed by atoms with Gasteiger partial charge in [-0.25, -0.2) is 9.97 Å². The van der Waals surface area contributed by atoms with Crippen LogP contribution in [0.15, 0.2) is 17.4 Å². The summed E-state index contributed by atoms with van der Waals surface area (Å²) in [5.74, 6) is -3.03.